The first-order valence-corrected chi connectivity index (χ1v) is 7.37. The molecule has 122 valence electrons. The minimum atomic E-state index is -2.88. The van der Waals surface area contributed by atoms with Gasteiger partial charge in [-0.05, 0) is 31.5 Å². The van der Waals surface area contributed by atoms with Crippen molar-refractivity contribution < 1.29 is 18.3 Å². The van der Waals surface area contributed by atoms with Crippen molar-refractivity contribution in [2.24, 2.45) is 0 Å². The van der Waals surface area contributed by atoms with Crippen molar-refractivity contribution in [3.8, 4) is 5.75 Å². The number of amides is 1. The maximum Gasteiger partial charge on any atom is 0.387 e. The topological polar surface area (TPSA) is 56.2 Å². The predicted molar refractivity (Wildman–Crippen MR) is 80.8 cm³/mol. The van der Waals surface area contributed by atoms with E-state index in [2.05, 4.69) is 15.2 Å². The molecule has 0 spiro atoms. The van der Waals surface area contributed by atoms with Crippen molar-refractivity contribution >= 4 is 11.7 Å². The molecule has 0 saturated carbocycles. The van der Waals surface area contributed by atoms with Crippen LogP contribution in [0.15, 0.2) is 30.5 Å². The number of nitrogens with zero attached hydrogens (tertiary/aromatic N) is 2. The van der Waals surface area contributed by atoms with Crippen molar-refractivity contribution in [1.82, 2.24) is 9.78 Å². The second-order valence-electron chi connectivity index (χ2n) is 5.74. The Morgan fingerprint density at radius 2 is 2.17 bits per heavy atom. The first-order valence-electron chi connectivity index (χ1n) is 7.37. The molecule has 1 aliphatic heterocycles. The molecule has 1 atom stereocenters. The number of carbonyl (C=O) groups is 1. The number of hydrogen-bond donors (Lipinski definition) is 1. The maximum atomic E-state index is 12.4. The smallest absolute Gasteiger partial charge is 0.387 e. The number of halogens is 2. The molecule has 1 aromatic heterocycles. The van der Waals surface area contributed by atoms with Gasteiger partial charge in [-0.15, -0.1) is 0 Å². The lowest BCUT2D eigenvalue weighted by Gasteiger charge is -2.24. The molecule has 7 heteroatoms. The molecule has 1 N–H and O–H groups in total. The highest BCUT2D eigenvalue weighted by molar-refractivity contribution is 5.94. The number of rotatable bonds is 4. The van der Waals surface area contributed by atoms with E-state index in [-0.39, 0.29) is 30.0 Å². The minimum Gasteiger partial charge on any atom is -0.435 e. The molecule has 0 bridgehead atoms. The summed E-state index contributed by atoms with van der Waals surface area (Å²) in [6.07, 6.45) is 1.97. The van der Waals surface area contributed by atoms with Gasteiger partial charge >= 0.3 is 6.61 Å². The van der Waals surface area contributed by atoms with Crippen LogP contribution in [0.3, 0.4) is 0 Å². The van der Waals surface area contributed by atoms with Crippen molar-refractivity contribution in [2.45, 2.75) is 38.8 Å². The first-order chi connectivity index (χ1) is 11.0. The lowest BCUT2D eigenvalue weighted by Crippen LogP contribution is -2.25. The Morgan fingerprint density at radius 3 is 2.87 bits per heavy atom. The number of carbonyl (C=O) groups excluding carboxylic acids is 1. The van der Waals surface area contributed by atoms with Gasteiger partial charge in [-0.3, -0.25) is 4.79 Å². The highest BCUT2D eigenvalue weighted by Gasteiger charge is 2.30. The molecule has 0 aliphatic carbocycles. The fourth-order valence-corrected chi connectivity index (χ4v) is 2.83. The second kappa shape index (κ2) is 5.98. The van der Waals surface area contributed by atoms with Crippen LogP contribution in [0.25, 0.3) is 0 Å². The zero-order valence-electron chi connectivity index (χ0n) is 12.8. The monoisotopic (exact) mass is 321 g/mol. The molecule has 0 saturated heterocycles. The molecular weight excluding hydrogens is 304 g/mol. The number of hydrogen-bond acceptors (Lipinski definition) is 3. The second-order valence-corrected chi connectivity index (χ2v) is 5.74. The maximum absolute atomic E-state index is 12.4. The molecule has 0 unspecified atom stereocenters. The average Bonchev–Trinajstić information content (AvgIpc) is 2.89. The molecule has 23 heavy (non-hydrogen) atoms. The van der Waals surface area contributed by atoms with E-state index in [0.29, 0.717) is 5.82 Å². The summed E-state index contributed by atoms with van der Waals surface area (Å²) < 4.78 is 31.0. The zero-order chi connectivity index (χ0) is 16.6. The number of nitrogens with one attached hydrogen (secondary N) is 1. The van der Waals surface area contributed by atoms with Gasteiger partial charge in [-0.2, -0.15) is 13.9 Å². The van der Waals surface area contributed by atoms with Crippen LogP contribution in [0, 0.1) is 0 Å². The Balaban J connectivity index is 2.00. The van der Waals surface area contributed by atoms with E-state index in [9.17, 15) is 13.6 Å². The lowest BCUT2D eigenvalue weighted by atomic mass is 9.87. The Morgan fingerprint density at radius 1 is 1.39 bits per heavy atom. The van der Waals surface area contributed by atoms with Gasteiger partial charge < -0.3 is 10.1 Å². The van der Waals surface area contributed by atoms with Gasteiger partial charge in [0.05, 0.1) is 6.20 Å². The van der Waals surface area contributed by atoms with Gasteiger partial charge in [0.25, 0.3) is 0 Å². The molecule has 1 aromatic carbocycles. The van der Waals surface area contributed by atoms with E-state index < -0.39 is 6.61 Å². The third kappa shape index (κ3) is 3.04. The number of ether oxygens (including phenoxy) is 1. The Kier molecular flexibility index (Phi) is 4.02. The summed E-state index contributed by atoms with van der Waals surface area (Å²) in [5.74, 6) is 0.403. The highest BCUT2D eigenvalue weighted by atomic mass is 19.3. The normalized spacial score (nSPS) is 17.3. The van der Waals surface area contributed by atoms with Gasteiger partial charge in [-0.1, -0.05) is 12.1 Å². The number of fused-ring (bicyclic) bond motifs is 1. The lowest BCUT2D eigenvalue weighted by molar-refractivity contribution is -0.116. The van der Waals surface area contributed by atoms with Gasteiger partial charge in [0.2, 0.25) is 5.91 Å². The summed E-state index contributed by atoms with van der Waals surface area (Å²) in [5, 5.41) is 7.18. The quantitative estimate of drug-likeness (QED) is 0.937. The molecule has 0 fully saturated rings. The highest BCUT2D eigenvalue weighted by Crippen LogP contribution is 2.38. The number of anilines is 1. The van der Waals surface area contributed by atoms with Gasteiger partial charge in [-0.25, -0.2) is 4.68 Å². The third-order valence-corrected chi connectivity index (χ3v) is 3.82. The molecule has 3 rings (SSSR count). The summed E-state index contributed by atoms with van der Waals surface area (Å²) in [7, 11) is 0. The van der Waals surface area contributed by atoms with E-state index in [0.717, 1.165) is 11.1 Å². The molecule has 1 aliphatic rings. The summed E-state index contributed by atoms with van der Waals surface area (Å²) in [6, 6.07) is 6.57. The largest absolute Gasteiger partial charge is 0.435 e. The number of benzene rings is 1. The third-order valence-electron chi connectivity index (χ3n) is 3.82. The van der Waals surface area contributed by atoms with Crippen LogP contribution in [0.4, 0.5) is 14.6 Å². The average molecular weight is 321 g/mol. The molecule has 2 heterocycles. The van der Waals surface area contributed by atoms with Gasteiger partial charge in [0.1, 0.15) is 11.6 Å². The molecule has 2 aromatic rings. The van der Waals surface area contributed by atoms with E-state index in [1.165, 1.54) is 6.07 Å². The number of aromatic nitrogens is 2. The van der Waals surface area contributed by atoms with Crippen LogP contribution in [0.2, 0.25) is 0 Å². The van der Waals surface area contributed by atoms with Crippen molar-refractivity contribution in [1.29, 1.82) is 0 Å². The Labute approximate surface area is 132 Å². The van der Waals surface area contributed by atoms with Crippen LogP contribution < -0.4 is 10.1 Å². The number of alkyl halides is 2. The van der Waals surface area contributed by atoms with Crippen LogP contribution in [0.1, 0.15) is 43.4 Å². The van der Waals surface area contributed by atoms with Crippen LogP contribution in [-0.2, 0) is 4.79 Å². The zero-order valence-corrected chi connectivity index (χ0v) is 12.8. The SMILES string of the molecule is CC(C)n1ncc2c1NC(=O)C[C@H]2c1cccc(OC(F)F)c1. The fraction of sp³-hybridized carbons (Fsp3) is 0.375. The van der Waals surface area contributed by atoms with Gasteiger partial charge in [0, 0.05) is 23.9 Å². The van der Waals surface area contributed by atoms with E-state index in [1.54, 1.807) is 29.1 Å². The fourth-order valence-electron chi connectivity index (χ4n) is 2.83. The van der Waals surface area contributed by atoms with Crippen LogP contribution >= 0.6 is 0 Å². The standard InChI is InChI=1S/C16H17F2N3O2/c1-9(2)21-15-13(8-19-21)12(7-14(22)20-15)10-4-3-5-11(6-10)23-16(17)18/h3-6,8-9,12,16H,7H2,1-2H3,(H,20,22)/t12-/m0/s1. The van der Waals surface area contributed by atoms with Crippen molar-refractivity contribution in [3.63, 3.8) is 0 Å². The van der Waals surface area contributed by atoms with Crippen LogP contribution in [0.5, 0.6) is 5.75 Å². The molecule has 1 amide bonds. The molecule has 0 radical (unpaired) electrons. The van der Waals surface area contributed by atoms with Crippen LogP contribution in [-0.4, -0.2) is 22.3 Å². The van der Waals surface area contributed by atoms with E-state index >= 15 is 0 Å². The van der Waals surface area contributed by atoms with E-state index in [1.807, 2.05) is 13.8 Å². The summed E-state index contributed by atoms with van der Waals surface area (Å²) in [5.41, 5.74) is 1.63. The first kappa shape index (κ1) is 15.5. The molecular formula is C16H17F2N3O2. The Bertz CT molecular complexity index is 728. The van der Waals surface area contributed by atoms with Crippen molar-refractivity contribution in [2.75, 3.05) is 5.32 Å². The van der Waals surface area contributed by atoms with E-state index in [4.69, 9.17) is 0 Å². The summed E-state index contributed by atoms with van der Waals surface area (Å²) in [6.45, 7) is 1.07. The Hall–Kier alpha value is -2.44. The van der Waals surface area contributed by atoms with Crippen molar-refractivity contribution in [3.05, 3.63) is 41.6 Å². The minimum absolute atomic E-state index is 0.0845. The predicted octanol–water partition coefficient (Wildman–Crippen LogP) is 3.54. The molecule has 5 nitrogen and oxygen atoms in total. The summed E-state index contributed by atoms with van der Waals surface area (Å²) >= 11 is 0. The summed E-state index contributed by atoms with van der Waals surface area (Å²) in [4.78, 5) is 12.0. The van der Waals surface area contributed by atoms with Gasteiger partial charge in [0.15, 0.2) is 0 Å².